The first-order valence-electron chi connectivity index (χ1n) is 4.97. The topological polar surface area (TPSA) is 38.3 Å². The van der Waals surface area contributed by atoms with Crippen molar-refractivity contribution in [3.05, 3.63) is 11.6 Å². The Kier molecular flexibility index (Phi) is 3.32. The van der Waals surface area contributed by atoms with Gasteiger partial charge in [-0.2, -0.15) is 0 Å². The summed E-state index contributed by atoms with van der Waals surface area (Å²) in [6.07, 6.45) is 3.10. The molecule has 1 heterocycles. The van der Waals surface area contributed by atoms with Crippen molar-refractivity contribution >= 4 is 5.97 Å². The summed E-state index contributed by atoms with van der Waals surface area (Å²) in [4.78, 5) is 11.4. The van der Waals surface area contributed by atoms with Gasteiger partial charge in [0.1, 0.15) is 6.04 Å². The van der Waals surface area contributed by atoms with E-state index in [0.29, 0.717) is 0 Å². The minimum Gasteiger partial charge on any atom is -0.468 e. The average molecular weight is 197 g/mol. The van der Waals surface area contributed by atoms with Crippen LogP contribution in [0.15, 0.2) is 11.6 Å². The first kappa shape index (κ1) is 11.2. The largest absolute Gasteiger partial charge is 0.468 e. The second kappa shape index (κ2) is 4.13. The summed E-state index contributed by atoms with van der Waals surface area (Å²) in [7, 11) is 1.43. The molecule has 0 aromatic heterocycles. The fourth-order valence-corrected chi connectivity index (χ4v) is 1.70. The molecule has 1 rings (SSSR count). The van der Waals surface area contributed by atoms with Crippen LogP contribution in [0.25, 0.3) is 0 Å². The quantitative estimate of drug-likeness (QED) is 0.511. The average Bonchev–Trinajstić information content (AvgIpc) is 2.48. The number of hydrogen-bond acceptors (Lipinski definition) is 3. The molecule has 0 amide bonds. The van der Waals surface area contributed by atoms with Crippen LogP contribution in [0.3, 0.4) is 0 Å². The zero-order chi connectivity index (χ0) is 10.8. The number of allylic oxidation sites excluding steroid dienone is 1. The molecule has 0 aromatic rings. The summed E-state index contributed by atoms with van der Waals surface area (Å²) in [6, 6.07) is -0.223. The third-order valence-corrected chi connectivity index (χ3v) is 2.19. The van der Waals surface area contributed by atoms with E-state index >= 15 is 0 Å². The van der Waals surface area contributed by atoms with Gasteiger partial charge >= 0.3 is 5.97 Å². The summed E-state index contributed by atoms with van der Waals surface area (Å²) in [5.41, 5.74) is 1.28. The van der Waals surface area contributed by atoms with E-state index < -0.39 is 0 Å². The zero-order valence-corrected chi connectivity index (χ0v) is 9.39. The smallest absolute Gasteiger partial charge is 0.327 e. The van der Waals surface area contributed by atoms with Gasteiger partial charge in [0.15, 0.2) is 0 Å². The highest BCUT2D eigenvalue weighted by Crippen LogP contribution is 2.24. The molecule has 1 saturated heterocycles. The predicted molar refractivity (Wildman–Crippen MR) is 56.0 cm³/mol. The number of esters is 1. The molecule has 0 saturated carbocycles. The van der Waals surface area contributed by atoms with E-state index in [0.717, 1.165) is 18.5 Å². The molecule has 0 aliphatic carbocycles. The van der Waals surface area contributed by atoms with Crippen LogP contribution in [0.4, 0.5) is 0 Å². The van der Waals surface area contributed by atoms with Crippen LogP contribution in [0.2, 0.25) is 0 Å². The van der Waals surface area contributed by atoms with E-state index in [9.17, 15) is 4.79 Å². The molecule has 0 bridgehead atoms. The normalized spacial score (nSPS) is 25.4. The number of hydrogen-bond donors (Lipinski definition) is 1. The molecule has 1 fully saturated rings. The van der Waals surface area contributed by atoms with Gasteiger partial charge in [0.25, 0.3) is 0 Å². The third-order valence-electron chi connectivity index (χ3n) is 2.19. The maximum atomic E-state index is 11.4. The van der Waals surface area contributed by atoms with Gasteiger partial charge < -0.3 is 10.1 Å². The van der Waals surface area contributed by atoms with E-state index in [1.54, 1.807) is 0 Å². The number of carbonyl (C=O) groups is 1. The lowest BCUT2D eigenvalue weighted by Crippen LogP contribution is -2.33. The van der Waals surface area contributed by atoms with Crippen molar-refractivity contribution in [1.29, 1.82) is 0 Å². The summed E-state index contributed by atoms with van der Waals surface area (Å²) in [5.74, 6) is -0.182. The van der Waals surface area contributed by atoms with Gasteiger partial charge in [-0.3, -0.25) is 4.79 Å². The van der Waals surface area contributed by atoms with Crippen LogP contribution in [0, 0.1) is 5.41 Å². The molecule has 3 heteroatoms. The van der Waals surface area contributed by atoms with Crippen LogP contribution in [-0.2, 0) is 9.53 Å². The van der Waals surface area contributed by atoms with E-state index in [2.05, 4.69) is 32.2 Å². The second-order valence-corrected chi connectivity index (χ2v) is 4.75. The fourth-order valence-electron chi connectivity index (χ4n) is 1.70. The Labute approximate surface area is 85.5 Å². The fraction of sp³-hybridized carbons (Fsp3) is 0.727. The predicted octanol–water partition coefficient (Wildman–Crippen LogP) is 1.49. The molecule has 0 aromatic carbocycles. The molecule has 1 aliphatic rings. The molecule has 1 aliphatic heterocycles. The van der Waals surface area contributed by atoms with Gasteiger partial charge in [-0.05, 0) is 17.4 Å². The van der Waals surface area contributed by atoms with Gasteiger partial charge in [0, 0.05) is 6.54 Å². The lowest BCUT2D eigenvalue weighted by atomic mass is 9.91. The zero-order valence-electron chi connectivity index (χ0n) is 9.39. The lowest BCUT2D eigenvalue weighted by molar-refractivity contribution is -0.141. The summed E-state index contributed by atoms with van der Waals surface area (Å²) >= 11 is 0. The number of nitrogens with one attached hydrogen (secondary N) is 1. The maximum Gasteiger partial charge on any atom is 0.327 e. The van der Waals surface area contributed by atoms with Gasteiger partial charge in [-0.25, -0.2) is 0 Å². The molecule has 1 atom stereocenters. The van der Waals surface area contributed by atoms with Crippen molar-refractivity contribution in [3.8, 4) is 0 Å². The Morgan fingerprint density at radius 3 is 2.71 bits per heavy atom. The van der Waals surface area contributed by atoms with Crippen LogP contribution in [-0.4, -0.2) is 25.7 Å². The second-order valence-electron chi connectivity index (χ2n) is 4.75. The summed E-state index contributed by atoms with van der Waals surface area (Å²) in [6.45, 7) is 7.26. The standard InChI is InChI=1S/C11H19NO2/c1-11(2,3)7-8-5-6-12-9(8)10(13)14-4/h7,9,12H,5-6H2,1-4H3/b8-7+/t9-/m0/s1. The minimum absolute atomic E-state index is 0.119. The van der Waals surface area contributed by atoms with Gasteiger partial charge in [0.05, 0.1) is 7.11 Å². The van der Waals surface area contributed by atoms with Crippen molar-refractivity contribution < 1.29 is 9.53 Å². The first-order chi connectivity index (χ1) is 6.44. The van der Waals surface area contributed by atoms with Crippen molar-refractivity contribution in [2.75, 3.05) is 13.7 Å². The van der Waals surface area contributed by atoms with Gasteiger partial charge in [0.2, 0.25) is 0 Å². The molecular weight excluding hydrogens is 178 g/mol. The first-order valence-corrected chi connectivity index (χ1v) is 4.97. The Morgan fingerprint density at radius 2 is 2.21 bits per heavy atom. The Hall–Kier alpha value is -0.830. The van der Waals surface area contributed by atoms with Crippen LogP contribution in [0.1, 0.15) is 27.2 Å². The summed E-state index contributed by atoms with van der Waals surface area (Å²) < 4.78 is 4.74. The van der Waals surface area contributed by atoms with Crippen LogP contribution < -0.4 is 5.32 Å². The SMILES string of the molecule is COC(=O)[C@H]1NCC/C1=C\C(C)(C)C. The molecule has 80 valence electrons. The van der Waals surface area contributed by atoms with Gasteiger partial charge in [-0.1, -0.05) is 26.8 Å². The number of carbonyl (C=O) groups excluding carboxylic acids is 1. The maximum absolute atomic E-state index is 11.4. The van der Waals surface area contributed by atoms with Crippen molar-refractivity contribution in [1.82, 2.24) is 5.32 Å². The van der Waals surface area contributed by atoms with Gasteiger partial charge in [-0.15, -0.1) is 0 Å². The highest BCUT2D eigenvalue weighted by atomic mass is 16.5. The molecule has 3 nitrogen and oxygen atoms in total. The Balaban J connectivity index is 2.78. The van der Waals surface area contributed by atoms with Crippen molar-refractivity contribution in [2.24, 2.45) is 5.41 Å². The Bertz CT molecular complexity index is 251. The van der Waals surface area contributed by atoms with E-state index in [-0.39, 0.29) is 17.4 Å². The van der Waals surface area contributed by atoms with E-state index in [1.807, 2.05) is 0 Å². The monoisotopic (exact) mass is 197 g/mol. The van der Waals surface area contributed by atoms with Crippen molar-refractivity contribution in [2.45, 2.75) is 33.2 Å². The lowest BCUT2D eigenvalue weighted by Gasteiger charge is -2.16. The molecule has 14 heavy (non-hydrogen) atoms. The molecular formula is C11H19NO2. The molecule has 0 unspecified atom stereocenters. The van der Waals surface area contributed by atoms with E-state index in [1.165, 1.54) is 7.11 Å². The van der Waals surface area contributed by atoms with Crippen LogP contribution in [0.5, 0.6) is 0 Å². The van der Waals surface area contributed by atoms with E-state index in [4.69, 9.17) is 4.74 Å². The third kappa shape index (κ3) is 2.84. The molecule has 0 spiro atoms. The van der Waals surface area contributed by atoms with Crippen molar-refractivity contribution in [3.63, 3.8) is 0 Å². The molecule has 1 N–H and O–H groups in total. The summed E-state index contributed by atoms with van der Waals surface area (Å²) in [5, 5.41) is 3.14. The Morgan fingerprint density at radius 1 is 1.57 bits per heavy atom. The number of rotatable bonds is 1. The minimum atomic E-state index is -0.223. The number of methoxy groups -OCH3 is 1. The molecule has 0 radical (unpaired) electrons. The number of ether oxygens (including phenoxy) is 1. The highest BCUT2D eigenvalue weighted by molar-refractivity contribution is 5.80. The van der Waals surface area contributed by atoms with Crippen LogP contribution >= 0.6 is 0 Å². The highest BCUT2D eigenvalue weighted by Gasteiger charge is 2.28.